The zero-order valence-corrected chi connectivity index (χ0v) is 14.4. The SMILES string of the molecule is CSCCC(N)C(=O)N(C)Cc1ccccc1N1CCCC1. The van der Waals surface area contributed by atoms with E-state index in [-0.39, 0.29) is 5.91 Å². The van der Waals surface area contributed by atoms with Crippen LogP contribution in [0, 0.1) is 0 Å². The van der Waals surface area contributed by atoms with Gasteiger partial charge < -0.3 is 15.5 Å². The normalized spacial score (nSPS) is 15.9. The van der Waals surface area contributed by atoms with Gasteiger partial charge in [-0.2, -0.15) is 11.8 Å². The van der Waals surface area contributed by atoms with E-state index in [2.05, 4.69) is 23.1 Å². The van der Waals surface area contributed by atoms with Crippen LogP contribution in [0.2, 0.25) is 0 Å². The summed E-state index contributed by atoms with van der Waals surface area (Å²) in [5.41, 5.74) is 8.47. The monoisotopic (exact) mass is 321 g/mol. The smallest absolute Gasteiger partial charge is 0.239 e. The largest absolute Gasteiger partial charge is 0.371 e. The van der Waals surface area contributed by atoms with Gasteiger partial charge in [0.1, 0.15) is 0 Å². The molecule has 122 valence electrons. The molecule has 0 spiro atoms. The lowest BCUT2D eigenvalue weighted by atomic mass is 10.1. The van der Waals surface area contributed by atoms with Crippen molar-refractivity contribution in [1.82, 2.24) is 4.90 Å². The van der Waals surface area contributed by atoms with E-state index >= 15 is 0 Å². The molecule has 4 nitrogen and oxygen atoms in total. The van der Waals surface area contributed by atoms with Crippen molar-refractivity contribution in [3.05, 3.63) is 29.8 Å². The highest BCUT2D eigenvalue weighted by molar-refractivity contribution is 7.98. The second kappa shape index (κ2) is 8.44. The Morgan fingerprint density at radius 2 is 2.05 bits per heavy atom. The molecule has 5 heteroatoms. The number of hydrogen-bond acceptors (Lipinski definition) is 4. The maximum atomic E-state index is 12.4. The highest BCUT2D eigenvalue weighted by atomic mass is 32.2. The molecule has 1 aromatic rings. The van der Waals surface area contributed by atoms with E-state index in [0.717, 1.165) is 25.3 Å². The van der Waals surface area contributed by atoms with Crippen LogP contribution < -0.4 is 10.6 Å². The summed E-state index contributed by atoms with van der Waals surface area (Å²) >= 11 is 1.72. The lowest BCUT2D eigenvalue weighted by molar-refractivity contribution is -0.131. The standard InChI is InChI=1S/C17H27N3OS/c1-19(17(21)15(18)9-12-22-2)13-14-7-3-4-8-16(14)20-10-5-6-11-20/h3-4,7-8,15H,5-6,9-13,18H2,1-2H3. The summed E-state index contributed by atoms with van der Waals surface area (Å²) in [6.45, 7) is 2.85. The zero-order valence-electron chi connectivity index (χ0n) is 13.6. The third kappa shape index (κ3) is 4.40. The lowest BCUT2D eigenvalue weighted by Crippen LogP contribution is -2.41. The first-order chi connectivity index (χ1) is 10.6. The number of nitrogens with two attached hydrogens (primary N) is 1. The first kappa shape index (κ1) is 17.2. The summed E-state index contributed by atoms with van der Waals surface area (Å²) in [5.74, 6) is 0.954. The topological polar surface area (TPSA) is 49.6 Å². The van der Waals surface area contributed by atoms with Gasteiger partial charge in [-0.05, 0) is 42.9 Å². The van der Waals surface area contributed by atoms with Gasteiger partial charge in [0.15, 0.2) is 0 Å². The maximum Gasteiger partial charge on any atom is 0.239 e. The van der Waals surface area contributed by atoms with E-state index in [0.29, 0.717) is 6.54 Å². The highest BCUT2D eigenvalue weighted by Crippen LogP contribution is 2.25. The molecule has 1 saturated heterocycles. The number of para-hydroxylation sites is 1. The second-order valence-electron chi connectivity index (χ2n) is 5.91. The van der Waals surface area contributed by atoms with Crippen LogP contribution in [0.15, 0.2) is 24.3 Å². The third-order valence-corrected chi connectivity index (χ3v) is 4.82. The predicted octanol–water partition coefficient (Wildman–Crippen LogP) is 2.33. The van der Waals surface area contributed by atoms with Gasteiger partial charge in [-0.1, -0.05) is 18.2 Å². The number of amides is 1. The Labute approximate surface area is 138 Å². The van der Waals surface area contributed by atoms with Gasteiger partial charge >= 0.3 is 0 Å². The molecule has 1 unspecified atom stereocenters. The molecule has 1 amide bonds. The Balaban J connectivity index is 2.02. The minimum Gasteiger partial charge on any atom is -0.371 e. The Morgan fingerprint density at radius 1 is 1.36 bits per heavy atom. The predicted molar refractivity (Wildman–Crippen MR) is 95.3 cm³/mol. The molecule has 2 rings (SSSR count). The van der Waals surface area contributed by atoms with Gasteiger partial charge in [0.05, 0.1) is 6.04 Å². The van der Waals surface area contributed by atoms with E-state index < -0.39 is 6.04 Å². The van der Waals surface area contributed by atoms with E-state index in [1.807, 2.05) is 19.4 Å². The quantitative estimate of drug-likeness (QED) is 0.837. The number of carbonyl (C=O) groups excluding carboxylic acids is 1. The van der Waals surface area contributed by atoms with Gasteiger partial charge in [0.25, 0.3) is 0 Å². The molecule has 0 saturated carbocycles. The molecule has 0 bridgehead atoms. The molecule has 0 aromatic heterocycles. The summed E-state index contributed by atoms with van der Waals surface area (Å²) in [7, 11) is 1.85. The fraction of sp³-hybridized carbons (Fsp3) is 0.588. The Kier molecular flexibility index (Phi) is 6.58. The van der Waals surface area contributed by atoms with Gasteiger partial charge in [0, 0.05) is 32.4 Å². The van der Waals surface area contributed by atoms with Crippen molar-refractivity contribution in [3.8, 4) is 0 Å². The Hall–Kier alpha value is -1.20. The number of thioether (sulfide) groups is 1. The van der Waals surface area contributed by atoms with E-state index in [4.69, 9.17) is 5.73 Å². The van der Waals surface area contributed by atoms with Crippen LogP contribution in [0.3, 0.4) is 0 Å². The third-order valence-electron chi connectivity index (χ3n) is 4.17. The zero-order chi connectivity index (χ0) is 15.9. The first-order valence-electron chi connectivity index (χ1n) is 7.96. The van der Waals surface area contributed by atoms with Gasteiger partial charge in [-0.25, -0.2) is 0 Å². The van der Waals surface area contributed by atoms with Crippen LogP contribution in [0.5, 0.6) is 0 Å². The average molecular weight is 321 g/mol. The van der Waals surface area contributed by atoms with Crippen molar-refractivity contribution in [2.75, 3.05) is 37.0 Å². The van der Waals surface area contributed by atoms with Crippen LogP contribution in [0.4, 0.5) is 5.69 Å². The van der Waals surface area contributed by atoms with Crippen LogP contribution in [0.25, 0.3) is 0 Å². The molecule has 0 aliphatic carbocycles. The molecule has 1 aliphatic heterocycles. The van der Waals surface area contributed by atoms with Crippen molar-refractivity contribution in [2.45, 2.75) is 31.8 Å². The van der Waals surface area contributed by atoms with E-state index in [1.54, 1.807) is 16.7 Å². The average Bonchev–Trinajstić information content (AvgIpc) is 3.06. The Bertz CT molecular complexity index is 489. The van der Waals surface area contributed by atoms with E-state index in [1.165, 1.54) is 24.1 Å². The molecular formula is C17H27N3OS. The molecule has 1 heterocycles. The van der Waals surface area contributed by atoms with Crippen molar-refractivity contribution >= 4 is 23.4 Å². The van der Waals surface area contributed by atoms with Crippen LogP contribution >= 0.6 is 11.8 Å². The molecule has 1 atom stereocenters. The number of anilines is 1. The van der Waals surface area contributed by atoms with Gasteiger partial charge in [0.2, 0.25) is 5.91 Å². The van der Waals surface area contributed by atoms with Crippen LogP contribution in [0.1, 0.15) is 24.8 Å². The van der Waals surface area contributed by atoms with Crippen molar-refractivity contribution < 1.29 is 4.79 Å². The fourth-order valence-electron chi connectivity index (χ4n) is 2.90. The molecule has 0 radical (unpaired) electrons. The number of hydrogen-bond donors (Lipinski definition) is 1. The van der Waals surface area contributed by atoms with Gasteiger partial charge in [-0.15, -0.1) is 0 Å². The summed E-state index contributed by atoms with van der Waals surface area (Å²) in [5, 5.41) is 0. The minimum absolute atomic E-state index is 0.0327. The maximum absolute atomic E-state index is 12.4. The molecule has 1 aromatic carbocycles. The summed E-state index contributed by atoms with van der Waals surface area (Å²) in [6, 6.07) is 8.00. The van der Waals surface area contributed by atoms with Crippen LogP contribution in [-0.4, -0.2) is 49.0 Å². The van der Waals surface area contributed by atoms with Crippen molar-refractivity contribution in [3.63, 3.8) is 0 Å². The molecule has 22 heavy (non-hydrogen) atoms. The molecule has 2 N–H and O–H groups in total. The van der Waals surface area contributed by atoms with Crippen LogP contribution in [-0.2, 0) is 11.3 Å². The lowest BCUT2D eigenvalue weighted by Gasteiger charge is -2.26. The second-order valence-corrected chi connectivity index (χ2v) is 6.89. The van der Waals surface area contributed by atoms with Gasteiger partial charge in [-0.3, -0.25) is 4.79 Å². The van der Waals surface area contributed by atoms with Crippen molar-refractivity contribution in [1.29, 1.82) is 0 Å². The molecule has 1 fully saturated rings. The molecule has 1 aliphatic rings. The summed E-state index contributed by atoms with van der Waals surface area (Å²) in [4.78, 5) is 16.5. The summed E-state index contributed by atoms with van der Waals surface area (Å²) in [6.07, 6.45) is 5.27. The number of nitrogens with zero attached hydrogens (tertiary/aromatic N) is 2. The Morgan fingerprint density at radius 3 is 2.73 bits per heavy atom. The minimum atomic E-state index is -0.392. The fourth-order valence-corrected chi connectivity index (χ4v) is 3.39. The molecular weight excluding hydrogens is 294 g/mol. The first-order valence-corrected chi connectivity index (χ1v) is 9.35. The highest BCUT2D eigenvalue weighted by Gasteiger charge is 2.20. The number of rotatable bonds is 7. The van der Waals surface area contributed by atoms with Crippen molar-refractivity contribution in [2.24, 2.45) is 5.73 Å². The van der Waals surface area contributed by atoms with E-state index in [9.17, 15) is 4.79 Å². The number of carbonyl (C=O) groups is 1. The number of benzene rings is 1. The number of likely N-dealkylation sites (N-methyl/N-ethyl adjacent to an activating group) is 1. The summed E-state index contributed by atoms with van der Waals surface area (Å²) < 4.78 is 0.